The van der Waals surface area contributed by atoms with Crippen molar-refractivity contribution in [3.8, 4) is 0 Å². The molecule has 0 rings (SSSR count). The molecule has 0 aromatic rings. The van der Waals surface area contributed by atoms with Crippen molar-refractivity contribution in [1.82, 2.24) is 0 Å². The molecule has 0 spiro atoms. The number of esters is 1. The summed E-state index contributed by atoms with van der Waals surface area (Å²) < 4.78 is 20.4. The summed E-state index contributed by atoms with van der Waals surface area (Å²) in [5.41, 5.74) is 0. The molecule has 0 aromatic heterocycles. The number of carbonyl (C=O) groups excluding carboxylic acids is 1. The van der Waals surface area contributed by atoms with Crippen LogP contribution < -0.4 is 0 Å². The highest BCUT2D eigenvalue weighted by molar-refractivity contribution is 5.68. The lowest BCUT2D eigenvalue weighted by atomic mass is 10.1. The molecule has 0 saturated carbocycles. The number of allylic oxidation sites excluding steroid dienone is 4. The fourth-order valence-electron chi connectivity index (χ4n) is 2.03. The molecule has 0 atom stereocenters. The molecule has 2 nitrogen and oxygen atoms in total. The van der Waals surface area contributed by atoms with Gasteiger partial charge in [0.25, 0.3) is 0 Å². The topological polar surface area (TPSA) is 26.3 Å². The molecule has 2 heteroatoms. The predicted molar refractivity (Wildman–Crippen MR) is 91.4 cm³/mol. The number of hydrogen-bond acceptors (Lipinski definition) is 2. The van der Waals surface area contributed by atoms with Crippen LogP contribution in [0.5, 0.6) is 0 Å². The molecule has 0 unspecified atom stereocenters. The van der Waals surface area contributed by atoms with E-state index in [-0.39, 0.29) is 5.97 Å². The van der Waals surface area contributed by atoms with Crippen molar-refractivity contribution in [2.45, 2.75) is 83.9 Å². The van der Waals surface area contributed by atoms with Gasteiger partial charge in [-0.3, -0.25) is 4.79 Å². The molecule has 0 bridgehead atoms. The molecule has 0 aliphatic rings. The summed E-state index contributed by atoms with van der Waals surface area (Å²) in [6.45, 7) is 2.17. The highest BCUT2D eigenvalue weighted by Crippen LogP contribution is 2.08. The average molecular weight is 296 g/mol. The highest BCUT2D eigenvalue weighted by atomic mass is 16.5. The lowest BCUT2D eigenvalue weighted by Gasteiger charge is -1.99. The van der Waals surface area contributed by atoms with Crippen molar-refractivity contribution in [2.75, 3.05) is 7.11 Å². The van der Waals surface area contributed by atoms with Gasteiger partial charge < -0.3 is 4.74 Å². The monoisotopic (exact) mass is 296 g/mol. The Bertz CT molecular complexity index is 349. The largest absolute Gasteiger partial charge is 0.469 e. The molecule has 122 valence electrons. The quantitative estimate of drug-likeness (QED) is 0.224. The fourth-order valence-corrected chi connectivity index (χ4v) is 2.03. The number of ether oxygens (including phenoxy) is 1. The predicted octanol–water partition coefficient (Wildman–Crippen LogP) is 5.97. The summed E-state index contributed by atoms with van der Waals surface area (Å²) in [5, 5.41) is 0. The zero-order chi connectivity index (χ0) is 17.4. The molecule has 0 aliphatic heterocycles. The number of rotatable bonds is 14. The van der Waals surface area contributed by atoms with Gasteiger partial charge in [0.2, 0.25) is 0 Å². The van der Waals surface area contributed by atoms with Crippen molar-refractivity contribution in [2.24, 2.45) is 0 Å². The molecule has 0 fully saturated rings. The maximum Gasteiger partial charge on any atom is 0.305 e. The van der Waals surface area contributed by atoms with Crippen LogP contribution in [0.3, 0.4) is 0 Å². The first-order valence-corrected chi connectivity index (χ1v) is 8.44. The number of methoxy groups -OCH3 is 1. The highest BCUT2D eigenvalue weighted by Gasteiger charge is 1.98. The molecule has 0 saturated heterocycles. The summed E-state index contributed by atoms with van der Waals surface area (Å²) in [4.78, 5) is 10.9. The van der Waals surface area contributed by atoms with Crippen LogP contribution >= 0.6 is 0 Å². The zero-order valence-corrected chi connectivity index (χ0v) is 13.9. The summed E-state index contributed by atoms with van der Waals surface area (Å²) in [7, 11) is 1.42. The van der Waals surface area contributed by atoms with Gasteiger partial charge in [-0.05, 0) is 38.5 Å². The summed E-state index contributed by atoms with van der Waals surface area (Å²) in [6.07, 6.45) is 17.1. The van der Waals surface area contributed by atoms with E-state index in [2.05, 4.69) is 11.7 Å². The molecule has 0 aromatic carbocycles. The van der Waals surface area contributed by atoms with Gasteiger partial charge in [0, 0.05) is 9.16 Å². The van der Waals surface area contributed by atoms with Crippen LogP contribution in [0, 0.1) is 0 Å². The van der Waals surface area contributed by atoms with E-state index in [1.54, 1.807) is 12.2 Å². The van der Waals surface area contributed by atoms with Gasteiger partial charge in [0.05, 0.1) is 7.11 Å². The minimum atomic E-state index is -1.33. The van der Waals surface area contributed by atoms with Crippen LogP contribution in [0.25, 0.3) is 0 Å². The van der Waals surface area contributed by atoms with Crippen molar-refractivity contribution < 1.29 is 12.3 Å². The second-order valence-electron chi connectivity index (χ2n) is 5.35. The van der Waals surface area contributed by atoms with E-state index in [0.717, 1.165) is 51.4 Å². The van der Waals surface area contributed by atoms with Gasteiger partial charge in [-0.1, -0.05) is 63.3 Å². The van der Waals surface area contributed by atoms with E-state index in [9.17, 15) is 4.79 Å². The molecular weight excluding hydrogens is 260 g/mol. The van der Waals surface area contributed by atoms with Gasteiger partial charge >= 0.3 is 5.97 Å². The third kappa shape index (κ3) is 16.9. The standard InChI is InChI=1S/C19H34O2/c1-3-4-5-6-7-8-9-10-11-12-13-14-15-16-17-18-19(20)21-2/h7-8,10-11H,3-6,9,12-18H2,1-2H3/i9D2. The molecule has 0 aliphatic carbocycles. The van der Waals surface area contributed by atoms with Gasteiger partial charge in [-0.2, -0.15) is 0 Å². The van der Waals surface area contributed by atoms with Crippen molar-refractivity contribution in [3.63, 3.8) is 0 Å². The normalized spacial score (nSPS) is 13.6. The minimum Gasteiger partial charge on any atom is -0.469 e. The van der Waals surface area contributed by atoms with Gasteiger partial charge in [0.1, 0.15) is 0 Å². The minimum absolute atomic E-state index is 0.127. The Kier molecular flexibility index (Phi) is 13.2. The van der Waals surface area contributed by atoms with E-state index in [4.69, 9.17) is 2.74 Å². The van der Waals surface area contributed by atoms with Gasteiger partial charge in [-0.15, -0.1) is 0 Å². The fraction of sp³-hybridized carbons (Fsp3) is 0.737. The summed E-state index contributed by atoms with van der Waals surface area (Å²) >= 11 is 0. The third-order valence-corrected chi connectivity index (χ3v) is 3.38. The first-order chi connectivity index (χ1) is 11.0. The van der Waals surface area contributed by atoms with Crippen LogP contribution in [-0.4, -0.2) is 13.1 Å². The first-order valence-electron chi connectivity index (χ1n) is 9.44. The zero-order valence-electron chi connectivity index (χ0n) is 15.9. The Morgan fingerprint density at radius 2 is 1.48 bits per heavy atom. The summed E-state index contributed by atoms with van der Waals surface area (Å²) in [5.74, 6) is -0.127. The van der Waals surface area contributed by atoms with E-state index in [1.807, 2.05) is 12.2 Å². The second-order valence-corrected chi connectivity index (χ2v) is 5.35. The van der Waals surface area contributed by atoms with Gasteiger partial charge in [-0.25, -0.2) is 0 Å². The first kappa shape index (κ1) is 16.3. The van der Waals surface area contributed by atoms with E-state index in [1.165, 1.54) is 20.0 Å². The SMILES string of the molecule is [2H]C([2H])(C=CCCCCC)C=CCCCCCCCC(=O)OC. The van der Waals surface area contributed by atoms with E-state index >= 15 is 0 Å². The van der Waals surface area contributed by atoms with Crippen LogP contribution in [0.4, 0.5) is 0 Å². The Morgan fingerprint density at radius 3 is 2.10 bits per heavy atom. The molecular formula is C19H34O2. The van der Waals surface area contributed by atoms with E-state index in [0.29, 0.717) is 6.42 Å². The number of carbonyl (C=O) groups is 1. The van der Waals surface area contributed by atoms with Crippen LogP contribution in [0.15, 0.2) is 24.3 Å². The maximum absolute atomic E-state index is 10.9. The smallest absolute Gasteiger partial charge is 0.305 e. The Labute approximate surface area is 134 Å². The van der Waals surface area contributed by atoms with Crippen molar-refractivity contribution in [1.29, 1.82) is 0 Å². The average Bonchev–Trinajstić information content (AvgIpc) is 2.52. The Hall–Kier alpha value is -1.05. The molecule has 0 N–H and O–H groups in total. The van der Waals surface area contributed by atoms with Crippen LogP contribution in [0.2, 0.25) is 0 Å². The van der Waals surface area contributed by atoms with Crippen LogP contribution in [0.1, 0.15) is 86.7 Å². The summed E-state index contributed by atoms with van der Waals surface area (Å²) in [6, 6.07) is 0. The number of hydrogen-bond donors (Lipinski definition) is 0. The van der Waals surface area contributed by atoms with Crippen molar-refractivity contribution >= 4 is 5.97 Å². The second kappa shape index (κ2) is 17.0. The molecule has 0 radical (unpaired) electrons. The molecule has 0 amide bonds. The van der Waals surface area contributed by atoms with Crippen molar-refractivity contribution in [3.05, 3.63) is 24.3 Å². The lowest BCUT2D eigenvalue weighted by molar-refractivity contribution is -0.140. The lowest BCUT2D eigenvalue weighted by Crippen LogP contribution is -1.98. The molecule has 21 heavy (non-hydrogen) atoms. The van der Waals surface area contributed by atoms with E-state index < -0.39 is 6.37 Å². The Morgan fingerprint density at radius 1 is 0.905 bits per heavy atom. The Balaban J connectivity index is 3.62. The number of unbranched alkanes of at least 4 members (excludes halogenated alkanes) is 8. The molecule has 0 heterocycles. The maximum atomic E-state index is 10.9. The van der Waals surface area contributed by atoms with Gasteiger partial charge in [0.15, 0.2) is 0 Å². The van der Waals surface area contributed by atoms with Crippen LogP contribution in [-0.2, 0) is 9.53 Å². The third-order valence-electron chi connectivity index (χ3n) is 3.38.